The number of aromatic amines is 1. The van der Waals surface area contributed by atoms with E-state index in [9.17, 15) is 0 Å². The molecule has 2 aromatic carbocycles. The van der Waals surface area contributed by atoms with Gasteiger partial charge >= 0.3 is 0 Å². The van der Waals surface area contributed by atoms with Gasteiger partial charge in [-0.15, -0.1) is 0 Å². The van der Waals surface area contributed by atoms with Crippen molar-refractivity contribution in [1.82, 2.24) is 4.98 Å². The zero-order chi connectivity index (χ0) is 11.7. The van der Waals surface area contributed by atoms with E-state index in [-0.39, 0.29) is 0 Å². The number of fused-ring (bicyclic) bond motifs is 1. The van der Waals surface area contributed by atoms with Crippen LogP contribution in [0.25, 0.3) is 22.2 Å². The molecule has 1 aromatic heterocycles. The molecule has 0 fully saturated rings. The van der Waals surface area contributed by atoms with E-state index >= 15 is 0 Å². The molecule has 1 heteroatoms. The van der Waals surface area contributed by atoms with Crippen LogP contribution >= 0.6 is 0 Å². The van der Waals surface area contributed by atoms with Crippen molar-refractivity contribution in [3.05, 3.63) is 60.2 Å². The lowest BCUT2D eigenvalue weighted by Crippen LogP contribution is -1.82. The highest BCUT2D eigenvalue weighted by molar-refractivity contribution is 5.88. The second-order valence-corrected chi connectivity index (χ2v) is 4.28. The Morgan fingerprint density at radius 3 is 2.53 bits per heavy atom. The first-order valence-corrected chi connectivity index (χ1v) is 6.04. The number of aryl methyl sites for hydroxylation is 1. The summed E-state index contributed by atoms with van der Waals surface area (Å²) < 4.78 is 0. The monoisotopic (exact) mass is 221 g/mol. The lowest BCUT2D eigenvalue weighted by atomic mass is 10.1. The third-order valence-corrected chi connectivity index (χ3v) is 3.21. The van der Waals surface area contributed by atoms with Crippen molar-refractivity contribution in [2.24, 2.45) is 0 Å². The molecule has 0 aliphatic rings. The average molecular weight is 221 g/mol. The van der Waals surface area contributed by atoms with Crippen molar-refractivity contribution < 1.29 is 0 Å². The third-order valence-electron chi connectivity index (χ3n) is 3.21. The second-order valence-electron chi connectivity index (χ2n) is 4.28. The molecule has 3 rings (SSSR count). The van der Waals surface area contributed by atoms with Gasteiger partial charge in [0.05, 0.1) is 0 Å². The van der Waals surface area contributed by atoms with Crippen LogP contribution in [0.1, 0.15) is 12.5 Å². The van der Waals surface area contributed by atoms with Gasteiger partial charge in [-0.25, -0.2) is 0 Å². The fraction of sp³-hybridized carbons (Fsp3) is 0.125. The maximum atomic E-state index is 3.53. The highest BCUT2D eigenvalue weighted by atomic mass is 14.7. The predicted octanol–water partition coefficient (Wildman–Crippen LogP) is 4.40. The fourth-order valence-corrected chi connectivity index (χ4v) is 2.29. The number of nitrogens with one attached hydrogen (secondary N) is 1. The first-order chi connectivity index (χ1) is 8.38. The molecule has 0 saturated carbocycles. The van der Waals surface area contributed by atoms with Crippen LogP contribution in [0.5, 0.6) is 0 Å². The van der Waals surface area contributed by atoms with Gasteiger partial charge in [-0.1, -0.05) is 55.5 Å². The van der Waals surface area contributed by atoms with Crippen molar-refractivity contribution in [2.75, 3.05) is 0 Å². The first-order valence-electron chi connectivity index (χ1n) is 6.04. The summed E-state index contributed by atoms with van der Waals surface area (Å²) in [6.45, 7) is 2.19. The largest absolute Gasteiger partial charge is 0.354 e. The molecule has 0 bridgehead atoms. The Morgan fingerprint density at radius 1 is 0.941 bits per heavy atom. The molecule has 17 heavy (non-hydrogen) atoms. The number of H-pyrrole nitrogens is 1. The van der Waals surface area contributed by atoms with E-state index in [0.29, 0.717) is 0 Å². The van der Waals surface area contributed by atoms with E-state index < -0.39 is 0 Å². The Bertz CT molecular complexity index is 635. The maximum Gasteiger partial charge on any atom is 0.0491 e. The standard InChI is InChI=1S/C16H15N/c1-2-12-9-6-10-14-11-15(17-16(12)14)13-7-4-3-5-8-13/h3-11,17H,2H2,1H3. The fourth-order valence-electron chi connectivity index (χ4n) is 2.29. The molecule has 0 aliphatic heterocycles. The molecular formula is C16H15N. The van der Waals surface area contributed by atoms with Gasteiger partial charge < -0.3 is 4.98 Å². The molecule has 0 atom stereocenters. The number of para-hydroxylation sites is 1. The van der Waals surface area contributed by atoms with Gasteiger partial charge in [0.25, 0.3) is 0 Å². The molecule has 3 aromatic rings. The number of hydrogen-bond donors (Lipinski definition) is 1. The molecule has 0 spiro atoms. The van der Waals surface area contributed by atoms with E-state index in [1.165, 1.54) is 27.7 Å². The summed E-state index contributed by atoms with van der Waals surface area (Å²) in [5.74, 6) is 0. The number of aromatic nitrogens is 1. The molecule has 1 nitrogen and oxygen atoms in total. The van der Waals surface area contributed by atoms with E-state index in [1.807, 2.05) is 6.07 Å². The Labute approximate surface area is 101 Å². The van der Waals surface area contributed by atoms with Crippen LogP contribution in [-0.4, -0.2) is 4.98 Å². The van der Waals surface area contributed by atoms with Crippen LogP contribution in [0.3, 0.4) is 0 Å². The maximum absolute atomic E-state index is 3.53. The third kappa shape index (κ3) is 1.74. The van der Waals surface area contributed by atoms with Crippen molar-refractivity contribution >= 4 is 10.9 Å². The van der Waals surface area contributed by atoms with Crippen LogP contribution in [-0.2, 0) is 6.42 Å². The normalized spacial score (nSPS) is 10.9. The van der Waals surface area contributed by atoms with Crippen LogP contribution in [0.4, 0.5) is 0 Å². The molecule has 0 aliphatic carbocycles. The van der Waals surface area contributed by atoms with Crippen LogP contribution in [0, 0.1) is 0 Å². The smallest absolute Gasteiger partial charge is 0.0491 e. The zero-order valence-electron chi connectivity index (χ0n) is 9.90. The Morgan fingerprint density at radius 2 is 1.76 bits per heavy atom. The van der Waals surface area contributed by atoms with Gasteiger partial charge in [-0.3, -0.25) is 0 Å². The molecule has 1 N–H and O–H groups in total. The zero-order valence-corrected chi connectivity index (χ0v) is 9.90. The van der Waals surface area contributed by atoms with Gasteiger partial charge in [0.2, 0.25) is 0 Å². The summed E-state index contributed by atoms with van der Waals surface area (Å²) in [5.41, 5.74) is 5.09. The van der Waals surface area contributed by atoms with Crippen LogP contribution in [0.15, 0.2) is 54.6 Å². The van der Waals surface area contributed by atoms with Gasteiger partial charge in [0, 0.05) is 16.6 Å². The van der Waals surface area contributed by atoms with Gasteiger partial charge in [0.1, 0.15) is 0 Å². The van der Waals surface area contributed by atoms with Crippen molar-refractivity contribution in [3.63, 3.8) is 0 Å². The summed E-state index contributed by atoms with van der Waals surface area (Å²) in [4.78, 5) is 3.53. The molecular weight excluding hydrogens is 206 g/mol. The van der Waals surface area contributed by atoms with Crippen LogP contribution < -0.4 is 0 Å². The number of hydrogen-bond acceptors (Lipinski definition) is 0. The number of benzene rings is 2. The van der Waals surface area contributed by atoms with Gasteiger partial charge in [0.15, 0.2) is 0 Å². The first kappa shape index (κ1) is 10.2. The Kier molecular flexibility index (Phi) is 2.45. The topological polar surface area (TPSA) is 15.8 Å². The van der Waals surface area contributed by atoms with Gasteiger partial charge in [-0.05, 0) is 23.6 Å². The molecule has 0 unspecified atom stereocenters. The quantitative estimate of drug-likeness (QED) is 0.660. The lowest BCUT2D eigenvalue weighted by Gasteiger charge is -1.98. The molecule has 0 saturated heterocycles. The van der Waals surface area contributed by atoms with Crippen molar-refractivity contribution in [1.29, 1.82) is 0 Å². The summed E-state index contributed by atoms with van der Waals surface area (Å²) in [6.07, 6.45) is 1.06. The van der Waals surface area contributed by atoms with E-state index in [1.54, 1.807) is 0 Å². The highest BCUT2D eigenvalue weighted by Crippen LogP contribution is 2.26. The van der Waals surface area contributed by atoms with E-state index in [4.69, 9.17) is 0 Å². The minimum Gasteiger partial charge on any atom is -0.354 e. The summed E-state index contributed by atoms with van der Waals surface area (Å²) >= 11 is 0. The summed E-state index contributed by atoms with van der Waals surface area (Å²) in [6, 6.07) is 19.2. The molecule has 0 amide bonds. The molecule has 1 heterocycles. The minimum atomic E-state index is 1.06. The summed E-state index contributed by atoms with van der Waals surface area (Å²) in [5, 5.41) is 1.29. The average Bonchev–Trinajstić information content (AvgIpc) is 2.83. The Hall–Kier alpha value is -2.02. The predicted molar refractivity (Wildman–Crippen MR) is 73.1 cm³/mol. The van der Waals surface area contributed by atoms with Crippen molar-refractivity contribution in [3.8, 4) is 11.3 Å². The van der Waals surface area contributed by atoms with E-state index in [2.05, 4.69) is 60.4 Å². The van der Waals surface area contributed by atoms with E-state index in [0.717, 1.165) is 6.42 Å². The Balaban J connectivity index is 2.20. The molecule has 0 radical (unpaired) electrons. The molecule has 84 valence electrons. The highest BCUT2D eigenvalue weighted by Gasteiger charge is 2.05. The van der Waals surface area contributed by atoms with Crippen molar-refractivity contribution in [2.45, 2.75) is 13.3 Å². The number of rotatable bonds is 2. The van der Waals surface area contributed by atoms with Gasteiger partial charge in [-0.2, -0.15) is 0 Å². The van der Waals surface area contributed by atoms with Crippen LogP contribution in [0.2, 0.25) is 0 Å². The lowest BCUT2D eigenvalue weighted by molar-refractivity contribution is 1.15. The second kappa shape index (κ2) is 4.10. The minimum absolute atomic E-state index is 1.06. The summed E-state index contributed by atoms with van der Waals surface area (Å²) in [7, 11) is 0. The SMILES string of the molecule is CCc1cccc2cc(-c3ccccc3)[nH]c12.